The van der Waals surface area contributed by atoms with Gasteiger partial charge >= 0.3 is 0 Å². The molecule has 0 bridgehead atoms. The number of hydrogen-bond acceptors (Lipinski definition) is 1. The highest BCUT2D eigenvalue weighted by atomic mass is 79.9. The number of hydrogen-bond donors (Lipinski definition) is 0. The van der Waals surface area contributed by atoms with E-state index in [0.717, 1.165) is 0 Å². The molecule has 0 amide bonds. The van der Waals surface area contributed by atoms with Crippen molar-refractivity contribution in [1.29, 1.82) is 5.26 Å². The summed E-state index contributed by atoms with van der Waals surface area (Å²) >= 11 is 0. The van der Waals surface area contributed by atoms with E-state index in [4.69, 9.17) is 5.26 Å². The van der Waals surface area contributed by atoms with Gasteiger partial charge in [0.15, 0.2) is 0 Å². The fourth-order valence-corrected chi connectivity index (χ4v) is 0.513. The highest BCUT2D eigenvalue weighted by molar-refractivity contribution is 8.93. The largest absolute Gasteiger partial charge is 0.192 e. The number of nitriles is 1. The van der Waals surface area contributed by atoms with Gasteiger partial charge in [0.2, 0.25) is 0 Å². The van der Waals surface area contributed by atoms with Gasteiger partial charge in [-0.1, -0.05) is 18.2 Å². The lowest BCUT2D eigenvalue weighted by molar-refractivity contribution is 1.49. The van der Waals surface area contributed by atoms with Gasteiger partial charge in [-0.15, -0.1) is 17.0 Å². The maximum atomic E-state index is 8.29. The summed E-state index contributed by atoms with van der Waals surface area (Å²) in [6.07, 6.45) is 0. The Labute approximate surface area is 64.7 Å². The smallest absolute Gasteiger partial charge is 0.0991 e. The maximum absolute atomic E-state index is 8.29. The molecule has 0 fully saturated rings. The molecule has 0 radical (unpaired) electrons. The summed E-state index contributed by atoms with van der Waals surface area (Å²) < 4.78 is 0. The van der Waals surface area contributed by atoms with Crippen molar-refractivity contribution in [3.8, 4) is 6.07 Å². The third-order valence-corrected chi connectivity index (χ3v) is 0.903. The Balaban J connectivity index is 0.000000640. The van der Waals surface area contributed by atoms with E-state index < -0.39 is 0 Å². The minimum Gasteiger partial charge on any atom is -0.192 e. The summed E-state index contributed by atoms with van der Waals surface area (Å²) in [5, 5.41) is 8.29. The minimum atomic E-state index is 0. The van der Waals surface area contributed by atoms with Gasteiger partial charge in [0.1, 0.15) is 0 Å². The van der Waals surface area contributed by atoms with E-state index in [2.05, 4.69) is 0 Å². The molecule has 0 saturated carbocycles. The van der Waals surface area contributed by atoms with Gasteiger partial charge in [-0.3, -0.25) is 0 Å². The van der Waals surface area contributed by atoms with Crippen LogP contribution in [0.1, 0.15) is 5.56 Å². The Bertz CT molecular complexity index is 200. The zero-order chi connectivity index (χ0) is 5.82. The van der Waals surface area contributed by atoms with Crippen LogP contribution in [0.2, 0.25) is 0 Å². The molecule has 0 aliphatic heterocycles. The molecule has 0 aliphatic carbocycles. The van der Waals surface area contributed by atoms with E-state index in [0.29, 0.717) is 5.56 Å². The molecule has 46 valence electrons. The highest BCUT2D eigenvalue weighted by Crippen LogP contribution is 1.92. The van der Waals surface area contributed by atoms with E-state index in [1.165, 1.54) is 0 Å². The van der Waals surface area contributed by atoms with E-state index in [1.54, 1.807) is 12.1 Å². The molecule has 0 aliphatic rings. The van der Waals surface area contributed by atoms with Crippen LogP contribution in [0.4, 0.5) is 0 Å². The van der Waals surface area contributed by atoms with Crippen LogP contribution in [-0.4, -0.2) is 0 Å². The molecule has 9 heavy (non-hydrogen) atoms. The second kappa shape index (κ2) is 4.11. The van der Waals surface area contributed by atoms with Crippen LogP contribution in [0.3, 0.4) is 0 Å². The summed E-state index contributed by atoms with van der Waals surface area (Å²) in [6.45, 7) is 0. The fourth-order valence-electron chi connectivity index (χ4n) is 0.513. The maximum Gasteiger partial charge on any atom is 0.0991 e. The minimum absolute atomic E-state index is 0. The molecule has 1 aromatic carbocycles. The molecule has 1 aromatic rings. The SMILES string of the molecule is Br.N#Cc1ccccc1. The average Bonchev–Trinajstić information content (AvgIpc) is 1.90. The number of rotatable bonds is 0. The summed E-state index contributed by atoms with van der Waals surface area (Å²) in [7, 11) is 0. The third-order valence-electron chi connectivity index (χ3n) is 0.903. The second-order valence-electron chi connectivity index (χ2n) is 1.48. The molecule has 1 nitrogen and oxygen atoms in total. The van der Waals surface area contributed by atoms with Gasteiger partial charge < -0.3 is 0 Å². The van der Waals surface area contributed by atoms with Crippen molar-refractivity contribution in [2.24, 2.45) is 0 Å². The summed E-state index contributed by atoms with van der Waals surface area (Å²) in [6, 6.07) is 11.2. The van der Waals surface area contributed by atoms with Crippen molar-refractivity contribution in [3.05, 3.63) is 35.9 Å². The van der Waals surface area contributed by atoms with Gasteiger partial charge in [0.05, 0.1) is 11.6 Å². The van der Waals surface area contributed by atoms with Gasteiger partial charge in [-0.2, -0.15) is 5.26 Å². The van der Waals surface area contributed by atoms with Crippen molar-refractivity contribution in [2.45, 2.75) is 0 Å². The number of benzene rings is 1. The first-order valence-corrected chi connectivity index (χ1v) is 2.38. The molecular weight excluding hydrogens is 178 g/mol. The Morgan fingerprint density at radius 2 is 1.67 bits per heavy atom. The zero-order valence-corrected chi connectivity index (χ0v) is 6.46. The molecule has 0 saturated heterocycles. The predicted molar refractivity (Wildman–Crippen MR) is 41.5 cm³/mol. The summed E-state index contributed by atoms with van der Waals surface area (Å²) in [5.41, 5.74) is 0.715. The van der Waals surface area contributed by atoms with Crippen molar-refractivity contribution >= 4 is 17.0 Å². The van der Waals surface area contributed by atoms with Gasteiger partial charge in [-0.05, 0) is 12.1 Å². The normalized spacial score (nSPS) is 7.00. The molecular formula is C7H6BrN. The Morgan fingerprint density at radius 1 is 1.11 bits per heavy atom. The Hall–Kier alpha value is -0.810. The van der Waals surface area contributed by atoms with Gasteiger partial charge in [0.25, 0.3) is 0 Å². The summed E-state index contributed by atoms with van der Waals surface area (Å²) in [5.74, 6) is 0. The summed E-state index contributed by atoms with van der Waals surface area (Å²) in [4.78, 5) is 0. The van der Waals surface area contributed by atoms with Crippen LogP contribution >= 0.6 is 17.0 Å². The number of halogens is 1. The predicted octanol–water partition coefficient (Wildman–Crippen LogP) is 2.14. The Kier molecular flexibility index (Phi) is 3.74. The number of nitrogens with zero attached hydrogens (tertiary/aromatic N) is 1. The molecule has 0 N–H and O–H groups in total. The molecule has 2 heteroatoms. The van der Waals surface area contributed by atoms with Crippen molar-refractivity contribution in [3.63, 3.8) is 0 Å². The molecule has 0 spiro atoms. The van der Waals surface area contributed by atoms with Crippen molar-refractivity contribution in [1.82, 2.24) is 0 Å². The van der Waals surface area contributed by atoms with Crippen molar-refractivity contribution < 1.29 is 0 Å². The zero-order valence-electron chi connectivity index (χ0n) is 4.74. The molecule has 0 aromatic heterocycles. The first-order valence-electron chi connectivity index (χ1n) is 2.38. The van der Waals surface area contributed by atoms with E-state index in [1.807, 2.05) is 24.3 Å². The third kappa shape index (κ3) is 2.29. The van der Waals surface area contributed by atoms with Crippen LogP contribution in [0.5, 0.6) is 0 Å². The average molecular weight is 184 g/mol. The second-order valence-corrected chi connectivity index (χ2v) is 1.48. The standard InChI is InChI=1S/C7H5N.BrH/c8-6-7-4-2-1-3-5-7;/h1-5H;1H. The van der Waals surface area contributed by atoms with Crippen LogP contribution in [0.15, 0.2) is 30.3 Å². The van der Waals surface area contributed by atoms with E-state index in [9.17, 15) is 0 Å². The molecule has 0 heterocycles. The lowest BCUT2D eigenvalue weighted by Gasteiger charge is -1.80. The van der Waals surface area contributed by atoms with E-state index in [-0.39, 0.29) is 17.0 Å². The fraction of sp³-hybridized carbons (Fsp3) is 0. The van der Waals surface area contributed by atoms with E-state index >= 15 is 0 Å². The highest BCUT2D eigenvalue weighted by Gasteiger charge is 1.79. The first kappa shape index (κ1) is 8.19. The van der Waals surface area contributed by atoms with Crippen LogP contribution in [-0.2, 0) is 0 Å². The molecule has 0 unspecified atom stereocenters. The first-order chi connectivity index (χ1) is 3.93. The van der Waals surface area contributed by atoms with Crippen LogP contribution in [0, 0.1) is 11.3 Å². The Morgan fingerprint density at radius 3 is 2.00 bits per heavy atom. The molecule has 1 rings (SSSR count). The van der Waals surface area contributed by atoms with Crippen molar-refractivity contribution in [2.75, 3.05) is 0 Å². The van der Waals surface area contributed by atoms with Gasteiger partial charge in [0, 0.05) is 0 Å². The van der Waals surface area contributed by atoms with Crippen LogP contribution in [0.25, 0.3) is 0 Å². The molecule has 0 atom stereocenters. The topological polar surface area (TPSA) is 23.8 Å². The monoisotopic (exact) mass is 183 g/mol. The van der Waals surface area contributed by atoms with Crippen LogP contribution < -0.4 is 0 Å². The quantitative estimate of drug-likeness (QED) is 0.605. The lowest BCUT2D eigenvalue weighted by atomic mass is 10.2. The van der Waals surface area contributed by atoms with Gasteiger partial charge in [-0.25, -0.2) is 0 Å². The lowest BCUT2D eigenvalue weighted by Crippen LogP contribution is -1.66.